The minimum atomic E-state index is -2.39. The zero-order valence-corrected chi connectivity index (χ0v) is 21.9. The number of amides is 8. The molecule has 12 nitrogen and oxygen atoms in total. The first-order valence-electron chi connectivity index (χ1n) is 12.5. The maximum Gasteiger partial charge on any atom is 0.285 e. The van der Waals surface area contributed by atoms with Gasteiger partial charge >= 0.3 is 0 Å². The van der Waals surface area contributed by atoms with Crippen molar-refractivity contribution in [2.24, 2.45) is 10.8 Å². The van der Waals surface area contributed by atoms with Crippen molar-refractivity contribution in [3.8, 4) is 0 Å². The highest BCUT2D eigenvalue weighted by Crippen LogP contribution is 2.49. The van der Waals surface area contributed by atoms with Gasteiger partial charge in [-0.3, -0.25) is 48.2 Å². The second-order valence-corrected chi connectivity index (χ2v) is 10.3. The molecule has 4 heterocycles. The number of hydrogen-bond acceptors (Lipinski definition) is 8. The van der Waals surface area contributed by atoms with Crippen molar-refractivity contribution < 1.29 is 38.4 Å². The highest BCUT2D eigenvalue weighted by molar-refractivity contribution is 6.60. The molecule has 0 radical (unpaired) electrons. The third-order valence-corrected chi connectivity index (χ3v) is 8.26. The van der Waals surface area contributed by atoms with Gasteiger partial charge in [0.25, 0.3) is 58.1 Å². The Balaban J connectivity index is 1.20. The number of β-lactam (4-membered cyclic amide) rings is 8. The molecule has 4 saturated heterocycles. The van der Waals surface area contributed by atoms with Crippen LogP contribution in [0, 0.1) is 24.7 Å². The number of aryl methyl sites for hydroxylation is 3. The first-order valence-corrected chi connectivity index (χ1v) is 12.5. The van der Waals surface area contributed by atoms with E-state index in [1.807, 2.05) is 19.9 Å². The molecule has 0 aliphatic carbocycles. The largest absolute Gasteiger partial charge is 0.285 e. The van der Waals surface area contributed by atoms with Crippen LogP contribution in [0.2, 0.25) is 0 Å². The Labute approximate surface area is 227 Å². The van der Waals surface area contributed by atoms with Gasteiger partial charge in [-0.05, 0) is 60.7 Å². The topological polar surface area (TPSA) is 150 Å². The summed E-state index contributed by atoms with van der Waals surface area (Å²) in [6.07, 6.45) is 0.671. The summed E-state index contributed by atoms with van der Waals surface area (Å²) in [6, 6.07) is 9.29. The smallest absolute Gasteiger partial charge is 0.282 e. The summed E-state index contributed by atoms with van der Waals surface area (Å²) in [5.41, 5.74) is -1.43. The number of benzene rings is 2. The van der Waals surface area contributed by atoms with E-state index in [-0.39, 0.29) is 12.2 Å². The predicted octanol–water partition coefficient (Wildman–Crippen LogP) is 0.153. The molecule has 6 rings (SSSR count). The van der Waals surface area contributed by atoms with Crippen LogP contribution in [0.4, 0.5) is 11.4 Å². The summed E-state index contributed by atoms with van der Waals surface area (Å²) in [7, 11) is 1.18. The van der Waals surface area contributed by atoms with Crippen LogP contribution in [-0.2, 0) is 51.3 Å². The fourth-order valence-electron chi connectivity index (χ4n) is 5.91. The van der Waals surface area contributed by atoms with E-state index in [2.05, 4.69) is 0 Å². The van der Waals surface area contributed by atoms with Crippen LogP contribution < -0.4 is 9.80 Å². The monoisotopic (exact) mass is 542 g/mol. The zero-order chi connectivity index (χ0) is 29.0. The summed E-state index contributed by atoms with van der Waals surface area (Å²) in [6.45, 7) is 5.27. The maximum atomic E-state index is 13.2. The van der Waals surface area contributed by atoms with Crippen LogP contribution in [0.3, 0.4) is 0 Å². The van der Waals surface area contributed by atoms with E-state index in [0.717, 1.165) is 20.9 Å². The van der Waals surface area contributed by atoms with Gasteiger partial charge in [-0.2, -0.15) is 0 Å². The normalized spacial score (nSPS) is 20.8. The van der Waals surface area contributed by atoms with Crippen LogP contribution >= 0.6 is 0 Å². The quantitative estimate of drug-likeness (QED) is 0.383. The van der Waals surface area contributed by atoms with Gasteiger partial charge in [0.2, 0.25) is 0 Å². The molecule has 40 heavy (non-hydrogen) atoms. The molecule has 0 atom stereocenters. The maximum absolute atomic E-state index is 13.2. The van der Waals surface area contributed by atoms with Crippen molar-refractivity contribution >= 4 is 58.6 Å². The SMILES string of the molecule is CCc1cc(N2C(=O)C3(C(=O)N(Cc4cccc(N5C(=O)C6(C(=O)N(C)C6=O)C5=O)c4)C3=O)C2=O)c(C)cc1C. The molecule has 0 aromatic heterocycles. The number of carbonyl (C=O) groups is 8. The summed E-state index contributed by atoms with van der Waals surface area (Å²) in [5, 5.41) is 0. The first kappa shape index (κ1) is 25.3. The van der Waals surface area contributed by atoms with Gasteiger partial charge in [0.1, 0.15) is 0 Å². The Bertz CT molecular complexity index is 1620. The summed E-state index contributed by atoms with van der Waals surface area (Å²) < 4.78 is 0. The Morgan fingerprint density at radius 3 is 1.77 bits per heavy atom. The lowest BCUT2D eigenvalue weighted by molar-refractivity contribution is -0.189. The number of rotatable bonds is 5. The van der Waals surface area contributed by atoms with Gasteiger partial charge in [-0.1, -0.05) is 25.1 Å². The molecule has 4 aliphatic rings. The van der Waals surface area contributed by atoms with Crippen molar-refractivity contribution in [2.45, 2.75) is 33.7 Å². The number of anilines is 2. The number of likely N-dealkylation sites (tertiary alicyclic amines) is 2. The fraction of sp³-hybridized carbons (Fsp3) is 0.286. The van der Waals surface area contributed by atoms with Crippen molar-refractivity contribution in [3.63, 3.8) is 0 Å². The van der Waals surface area contributed by atoms with Crippen molar-refractivity contribution in [3.05, 3.63) is 58.7 Å². The first-order chi connectivity index (χ1) is 18.9. The zero-order valence-electron chi connectivity index (χ0n) is 21.9. The Kier molecular flexibility index (Phi) is 4.92. The average molecular weight is 543 g/mol. The molecule has 4 fully saturated rings. The molecular formula is C28H22N4O8. The lowest BCUT2D eigenvalue weighted by Crippen LogP contribution is -2.84. The Hall–Kier alpha value is -5.00. The molecule has 12 heteroatoms. The van der Waals surface area contributed by atoms with Gasteiger partial charge in [-0.25, -0.2) is 9.80 Å². The third-order valence-electron chi connectivity index (χ3n) is 8.26. The Morgan fingerprint density at radius 1 is 0.650 bits per heavy atom. The second kappa shape index (κ2) is 7.78. The van der Waals surface area contributed by atoms with Gasteiger partial charge in [0.15, 0.2) is 0 Å². The van der Waals surface area contributed by atoms with Crippen LogP contribution in [0.15, 0.2) is 36.4 Å². The lowest BCUT2D eigenvalue weighted by atomic mass is 9.68. The second-order valence-electron chi connectivity index (χ2n) is 10.3. The summed E-state index contributed by atoms with van der Waals surface area (Å²) in [4.78, 5) is 105. The van der Waals surface area contributed by atoms with Crippen LogP contribution in [0.5, 0.6) is 0 Å². The lowest BCUT2D eigenvalue weighted by Gasteiger charge is -2.52. The summed E-state index contributed by atoms with van der Waals surface area (Å²) in [5.74, 6) is -7.41. The van der Waals surface area contributed by atoms with Gasteiger partial charge in [0, 0.05) is 7.05 Å². The van der Waals surface area contributed by atoms with Gasteiger partial charge in [-0.15, -0.1) is 0 Å². The standard InChI is InChI=1S/C28H22N4O8/c1-5-16-11-18(14(3)9-13(16)2)32-25(39)28(26(32)40)21(35)30(22(28)36)12-15-7-6-8-17(10-15)31-23(37)27(24(31)38)19(33)29(4)20(27)34/h6-11H,5,12H2,1-4H3. The van der Waals surface area contributed by atoms with Gasteiger partial charge < -0.3 is 0 Å². The third kappa shape index (κ3) is 2.56. The molecule has 0 bridgehead atoms. The average Bonchev–Trinajstić information content (AvgIpc) is 2.93. The van der Waals surface area contributed by atoms with Crippen LogP contribution in [0.25, 0.3) is 0 Å². The van der Waals surface area contributed by atoms with E-state index in [1.165, 1.54) is 31.3 Å². The molecular weight excluding hydrogens is 520 g/mol. The van der Waals surface area contributed by atoms with E-state index in [1.54, 1.807) is 13.0 Å². The number of carbonyl (C=O) groups excluding carboxylic acids is 8. The van der Waals surface area contributed by atoms with E-state index in [4.69, 9.17) is 0 Å². The highest BCUT2D eigenvalue weighted by Gasteiger charge is 2.81. The van der Waals surface area contributed by atoms with Gasteiger partial charge in [0.05, 0.1) is 17.9 Å². The van der Waals surface area contributed by atoms with Crippen molar-refractivity contribution in [2.75, 3.05) is 16.8 Å². The molecule has 0 unspecified atom stereocenters. The number of hydrogen-bond donors (Lipinski definition) is 0. The highest BCUT2D eigenvalue weighted by atomic mass is 16.2. The van der Waals surface area contributed by atoms with Crippen LogP contribution in [-0.4, -0.2) is 64.1 Å². The van der Waals surface area contributed by atoms with E-state index < -0.39 is 58.1 Å². The van der Waals surface area contributed by atoms with Crippen molar-refractivity contribution in [1.82, 2.24) is 9.80 Å². The minimum absolute atomic E-state index is 0.0481. The number of imide groups is 4. The molecule has 2 aromatic carbocycles. The van der Waals surface area contributed by atoms with Crippen molar-refractivity contribution in [1.29, 1.82) is 0 Å². The predicted molar refractivity (Wildman–Crippen MR) is 135 cm³/mol. The fourth-order valence-corrected chi connectivity index (χ4v) is 5.91. The van der Waals surface area contributed by atoms with E-state index in [9.17, 15) is 38.4 Å². The molecule has 8 amide bonds. The van der Waals surface area contributed by atoms with Crippen LogP contribution in [0.1, 0.15) is 29.2 Å². The molecule has 4 aliphatic heterocycles. The minimum Gasteiger partial charge on any atom is -0.282 e. The molecule has 202 valence electrons. The molecule has 2 spiro atoms. The Morgan fingerprint density at radius 2 is 1.20 bits per heavy atom. The van der Waals surface area contributed by atoms with E-state index in [0.29, 0.717) is 33.0 Å². The van der Waals surface area contributed by atoms with E-state index >= 15 is 0 Å². The summed E-state index contributed by atoms with van der Waals surface area (Å²) >= 11 is 0. The molecule has 0 N–H and O–H groups in total. The number of nitrogens with zero attached hydrogens (tertiary/aromatic N) is 4. The molecule has 2 aromatic rings. The molecule has 0 saturated carbocycles.